The summed E-state index contributed by atoms with van der Waals surface area (Å²) in [5, 5.41) is 0. The third-order valence-electron chi connectivity index (χ3n) is 11.0. The predicted molar refractivity (Wildman–Crippen MR) is 137 cm³/mol. The maximum absolute atomic E-state index is 13.9. The number of esters is 2. The van der Waals surface area contributed by atoms with Gasteiger partial charge >= 0.3 is 11.9 Å². The Hall–Kier alpha value is -2.26. The minimum atomic E-state index is -3.13. The minimum Gasteiger partial charge on any atom is -0.465 e. The van der Waals surface area contributed by atoms with Gasteiger partial charge in [-0.2, -0.15) is 0 Å². The Morgan fingerprint density at radius 1 is 1.00 bits per heavy atom. The highest BCUT2D eigenvalue weighted by Crippen LogP contribution is 2.66. The average molecular weight is 571 g/mol. The van der Waals surface area contributed by atoms with Crippen LogP contribution in [0, 0.1) is 46.3 Å². The molecule has 9 atom stereocenters. The lowest BCUT2D eigenvalue weighted by molar-refractivity contribution is -0.166. The molecule has 0 amide bonds. The van der Waals surface area contributed by atoms with Gasteiger partial charge in [-0.1, -0.05) is 20.8 Å². The van der Waals surface area contributed by atoms with Crippen molar-refractivity contribution in [1.29, 1.82) is 0 Å². The van der Waals surface area contributed by atoms with Gasteiger partial charge in [0.25, 0.3) is 6.43 Å². The van der Waals surface area contributed by atoms with E-state index in [9.17, 15) is 37.1 Å². The summed E-state index contributed by atoms with van der Waals surface area (Å²) in [6.45, 7) is 4.34. The molecule has 0 heterocycles. The van der Waals surface area contributed by atoms with E-state index in [0.717, 1.165) is 19.3 Å². The second-order valence-corrected chi connectivity index (χ2v) is 13.0. The van der Waals surface area contributed by atoms with Gasteiger partial charge in [0.15, 0.2) is 6.10 Å². The van der Waals surface area contributed by atoms with Crippen molar-refractivity contribution in [3.63, 3.8) is 0 Å². The number of alkyl halides is 3. The smallest absolute Gasteiger partial charge is 0.309 e. The van der Waals surface area contributed by atoms with Crippen LogP contribution >= 0.6 is 0 Å². The molecule has 7 nitrogen and oxygen atoms in total. The van der Waals surface area contributed by atoms with Crippen LogP contribution < -0.4 is 0 Å². The molecule has 0 aliphatic heterocycles. The Morgan fingerprint density at radius 3 is 2.40 bits per heavy atom. The van der Waals surface area contributed by atoms with Gasteiger partial charge in [-0.25, -0.2) is 13.2 Å². The molecule has 0 radical (unpaired) electrons. The van der Waals surface area contributed by atoms with E-state index in [4.69, 9.17) is 4.74 Å². The lowest BCUT2D eigenvalue weighted by Gasteiger charge is -2.58. The van der Waals surface area contributed by atoms with Gasteiger partial charge in [0.2, 0.25) is 0 Å². The number of ketones is 3. The second-order valence-electron chi connectivity index (χ2n) is 13.0. The van der Waals surface area contributed by atoms with Gasteiger partial charge in [0.05, 0.1) is 6.42 Å². The maximum atomic E-state index is 13.9. The van der Waals surface area contributed by atoms with Gasteiger partial charge < -0.3 is 9.47 Å². The van der Waals surface area contributed by atoms with E-state index in [1.54, 1.807) is 0 Å². The fourth-order valence-electron chi connectivity index (χ4n) is 8.64. The fourth-order valence-corrected chi connectivity index (χ4v) is 8.64. The van der Waals surface area contributed by atoms with Crippen molar-refractivity contribution in [3.8, 4) is 0 Å². The van der Waals surface area contributed by atoms with Crippen molar-refractivity contribution in [2.24, 2.45) is 46.3 Å². The Kier molecular flexibility index (Phi) is 9.15. The highest BCUT2D eigenvalue weighted by molar-refractivity contribution is 5.93. The van der Waals surface area contributed by atoms with Crippen LogP contribution in [0.1, 0.15) is 85.0 Å². The Bertz CT molecular complexity index is 1030. The van der Waals surface area contributed by atoms with E-state index in [1.807, 2.05) is 13.8 Å². The van der Waals surface area contributed by atoms with Crippen molar-refractivity contribution >= 4 is 29.3 Å². The molecule has 0 aromatic carbocycles. The van der Waals surface area contributed by atoms with E-state index < -0.39 is 43.0 Å². The highest BCUT2D eigenvalue weighted by atomic mass is 19.3. The van der Waals surface area contributed by atoms with Crippen molar-refractivity contribution in [1.82, 2.24) is 0 Å². The zero-order chi connectivity index (χ0) is 29.4. The Labute approximate surface area is 233 Å². The Morgan fingerprint density at radius 2 is 1.73 bits per heavy atom. The normalized spacial score (nSPS) is 36.9. The van der Waals surface area contributed by atoms with Gasteiger partial charge in [-0.05, 0) is 60.7 Å². The molecule has 0 N–H and O–H groups in total. The lowest BCUT2D eigenvalue weighted by Crippen LogP contribution is -2.60. The molecule has 40 heavy (non-hydrogen) atoms. The third kappa shape index (κ3) is 5.60. The molecule has 0 aromatic heterocycles. The van der Waals surface area contributed by atoms with Crippen molar-refractivity contribution < 1.29 is 46.6 Å². The summed E-state index contributed by atoms with van der Waals surface area (Å²) in [5.41, 5.74) is -0.815. The van der Waals surface area contributed by atoms with Crippen LogP contribution in [0.2, 0.25) is 0 Å². The molecule has 0 saturated heterocycles. The largest absolute Gasteiger partial charge is 0.465 e. The Balaban J connectivity index is 1.33. The topological polar surface area (TPSA) is 104 Å². The molecular formula is C30H41F3O7. The molecule has 0 aromatic rings. The van der Waals surface area contributed by atoms with E-state index in [2.05, 4.69) is 11.7 Å². The van der Waals surface area contributed by atoms with Crippen molar-refractivity contribution in [3.05, 3.63) is 0 Å². The van der Waals surface area contributed by atoms with Crippen LogP contribution in [-0.2, 0) is 33.4 Å². The zero-order valence-electron chi connectivity index (χ0n) is 23.6. The first-order valence-corrected chi connectivity index (χ1v) is 14.6. The van der Waals surface area contributed by atoms with Crippen LogP contribution in [-0.4, -0.2) is 55.1 Å². The highest BCUT2D eigenvalue weighted by Gasteiger charge is 2.66. The summed E-state index contributed by atoms with van der Waals surface area (Å²) < 4.78 is 46.9. The molecule has 4 saturated carbocycles. The number of hydrogen-bond acceptors (Lipinski definition) is 7. The van der Waals surface area contributed by atoms with E-state index in [1.165, 1.54) is 0 Å². The van der Waals surface area contributed by atoms with Crippen LogP contribution in [0.15, 0.2) is 0 Å². The summed E-state index contributed by atoms with van der Waals surface area (Å²) in [7, 11) is 0. The molecule has 2 unspecified atom stereocenters. The summed E-state index contributed by atoms with van der Waals surface area (Å²) in [6, 6.07) is 0. The second kappa shape index (κ2) is 11.9. The monoisotopic (exact) mass is 570 g/mol. The number of Topliss-reactive ketones (excluding diaryl/α,β-unsaturated/α-hetero) is 3. The minimum absolute atomic E-state index is 0.0127. The molecule has 224 valence electrons. The standard InChI is InChI=1S/C30H41F3O7/c1-16(4-7-25(37)39-11-9-26(38)40-23(15-31)28(32)33)19-5-6-20-27-21(14-24(36)30(19,20)3)29(2)10-8-18(34)12-17(29)13-22(27)35/h16-17,19-21,23,27-28H,4-15H2,1-3H3/t16-,17?,19-,20+,21+,23?,27+,29+,30-/m1/s1. The van der Waals surface area contributed by atoms with E-state index >= 15 is 0 Å². The van der Waals surface area contributed by atoms with E-state index in [-0.39, 0.29) is 71.3 Å². The summed E-state index contributed by atoms with van der Waals surface area (Å²) in [5.74, 6) is -1.18. The quantitative estimate of drug-likeness (QED) is 0.338. The van der Waals surface area contributed by atoms with Gasteiger partial charge in [-0.3, -0.25) is 24.0 Å². The predicted octanol–water partition coefficient (Wildman–Crippen LogP) is 5.07. The van der Waals surface area contributed by atoms with Gasteiger partial charge in [0, 0.05) is 43.4 Å². The zero-order valence-corrected chi connectivity index (χ0v) is 23.6. The SMILES string of the molecule is C[C@H](CCC(=O)OCCC(=O)OC(CF)C(F)F)[C@H]1CC[C@H]2[C@@H]3C(=O)CC4CC(=O)CC[C@]4(C)[C@H]3CC(=O)[C@]12C. The van der Waals surface area contributed by atoms with Crippen molar-refractivity contribution in [2.75, 3.05) is 13.3 Å². The molecule has 4 aliphatic rings. The van der Waals surface area contributed by atoms with Crippen LogP contribution in [0.5, 0.6) is 0 Å². The van der Waals surface area contributed by atoms with Crippen LogP contribution in [0.25, 0.3) is 0 Å². The molecule has 10 heteroatoms. The summed E-state index contributed by atoms with van der Waals surface area (Å²) >= 11 is 0. The molecule has 4 fully saturated rings. The summed E-state index contributed by atoms with van der Waals surface area (Å²) in [6.07, 6.45) is -1.13. The van der Waals surface area contributed by atoms with Crippen molar-refractivity contribution in [2.45, 2.75) is 97.5 Å². The number of carbonyl (C=O) groups excluding carboxylic acids is 5. The first-order valence-electron chi connectivity index (χ1n) is 14.6. The van der Waals surface area contributed by atoms with Gasteiger partial charge in [-0.15, -0.1) is 0 Å². The fraction of sp³-hybridized carbons (Fsp3) is 0.833. The first kappa shape index (κ1) is 30.7. The lowest BCUT2D eigenvalue weighted by atomic mass is 9.44. The van der Waals surface area contributed by atoms with Gasteiger partial charge in [0.1, 0.15) is 30.6 Å². The average Bonchev–Trinajstić information content (AvgIpc) is 3.25. The number of ether oxygens (including phenoxy) is 2. The summed E-state index contributed by atoms with van der Waals surface area (Å²) in [4.78, 5) is 63.4. The molecule has 0 bridgehead atoms. The number of hydrogen-bond donors (Lipinski definition) is 0. The molecular weight excluding hydrogens is 529 g/mol. The van der Waals surface area contributed by atoms with E-state index in [0.29, 0.717) is 32.1 Å². The van der Waals surface area contributed by atoms with Crippen LogP contribution in [0.4, 0.5) is 13.2 Å². The van der Waals surface area contributed by atoms with Crippen LogP contribution in [0.3, 0.4) is 0 Å². The number of rotatable bonds is 10. The molecule has 0 spiro atoms. The number of fused-ring (bicyclic) bond motifs is 5. The number of halogens is 3. The molecule has 4 aliphatic carbocycles. The first-order chi connectivity index (χ1) is 18.8. The molecule has 4 rings (SSSR count). The maximum Gasteiger partial charge on any atom is 0.309 e. The number of carbonyl (C=O) groups is 5. The third-order valence-corrected chi connectivity index (χ3v) is 11.0.